The van der Waals surface area contributed by atoms with Crippen LogP contribution in [-0.4, -0.2) is 38.9 Å². The third-order valence-electron chi connectivity index (χ3n) is 3.06. The highest BCUT2D eigenvalue weighted by atomic mass is 16.5. The Morgan fingerprint density at radius 3 is 2.40 bits per heavy atom. The first-order chi connectivity index (χ1) is 9.67. The summed E-state index contributed by atoms with van der Waals surface area (Å²) in [5, 5.41) is 3.16. The quantitative estimate of drug-likeness (QED) is 0.628. The summed E-state index contributed by atoms with van der Waals surface area (Å²) >= 11 is 0. The van der Waals surface area contributed by atoms with E-state index in [4.69, 9.17) is 15.2 Å². The van der Waals surface area contributed by atoms with Gasteiger partial charge in [-0.05, 0) is 19.0 Å². The lowest BCUT2D eigenvalue weighted by Gasteiger charge is -2.31. The zero-order valence-corrected chi connectivity index (χ0v) is 12.2. The molecule has 0 aliphatic heterocycles. The van der Waals surface area contributed by atoms with Crippen molar-refractivity contribution in [2.45, 2.75) is 19.4 Å². The molecule has 1 aromatic carbocycles. The molecule has 112 valence electrons. The monoisotopic (exact) mass is 280 g/mol. The lowest BCUT2D eigenvalue weighted by atomic mass is 9.89. The van der Waals surface area contributed by atoms with Gasteiger partial charge in [-0.15, -0.1) is 0 Å². The van der Waals surface area contributed by atoms with Crippen LogP contribution in [0.4, 0.5) is 0 Å². The number of hydrogen-bond donors (Lipinski definition) is 2. The first-order valence-electron chi connectivity index (χ1n) is 6.93. The number of hydrogen-bond acceptors (Lipinski definition) is 4. The zero-order chi connectivity index (χ0) is 14.8. The predicted molar refractivity (Wildman–Crippen MR) is 78.3 cm³/mol. The molecule has 0 saturated heterocycles. The predicted octanol–water partition coefficient (Wildman–Crippen LogP) is 1.03. The van der Waals surface area contributed by atoms with Crippen LogP contribution in [0.25, 0.3) is 0 Å². The van der Waals surface area contributed by atoms with Crippen molar-refractivity contribution in [1.29, 1.82) is 0 Å². The van der Waals surface area contributed by atoms with Crippen LogP contribution < -0.4 is 11.1 Å². The Bertz CT molecular complexity index is 397. The van der Waals surface area contributed by atoms with Crippen LogP contribution in [0.1, 0.15) is 19.4 Å². The Kier molecular flexibility index (Phi) is 7.22. The molecule has 0 aliphatic carbocycles. The van der Waals surface area contributed by atoms with Crippen molar-refractivity contribution in [1.82, 2.24) is 5.32 Å². The smallest absolute Gasteiger partial charge is 0.244 e. The van der Waals surface area contributed by atoms with Crippen LogP contribution in [0.3, 0.4) is 0 Å². The van der Waals surface area contributed by atoms with E-state index in [0.29, 0.717) is 26.4 Å². The normalized spacial score (nSPS) is 13.9. The second-order valence-corrected chi connectivity index (χ2v) is 4.42. The summed E-state index contributed by atoms with van der Waals surface area (Å²) in [6.45, 7) is 6.25. The molecule has 1 rings (SSSR count). The molecule has 5 nitrogen and oxygen atoms in total. The van der Waals surface area contributed by atoms with Crippen molar-refractivity contribution in [3.8, 4) is 0 Å². The van der Waals surface area contributed by atoms with Crippen molar-refractivity contribution in [2.75, 3.05) is 33.0 Å². The highest BCUT2D eigenvalue weighted by molar-refractivity contribution is 5.86. The van der Waals surface area contributed by atoms with Gasteiger partial charge in [-0.25, -0.2) is 0 Å². The van der Waals surface area contributed by atoms with Gasteiger partial charge in [-0.2, -0.15) is 0 Å². The molecule has 0 aromatic heterocycles. The Hall–Kier alpha value is -1.43. The minimum Gasteiger partial charge on any atom is -0.379 e. The van der Waals surface area contributed by atoms with Crippen molar-refractivity contribution < 1.29 is 14.3 Å². The summed E-state index contributed by atoms with van der Waals surface area (Å²) in [6.07, 6.45) is 0. The van der Waals surface area contributed by atoms with Gasteiger partial charge in [0.25, 0.3) is 0 Å². The number of nitrogens with two attached hydrogens (primary N) is 1. The highest BCUT2D eigenvalue weighted by Crippen LogP contribution is 2.21. The van der Waals surface area contributed by atoms with Crippen molar-refractivity contribution >= 4 is 5.91 Å². The van der Waals surface area contributed by atoms with Gasteiger partial charge in [0.15, 0.2) is 0 Å². The summed E-state index contributed by atoms with van der Waals surface area (Å²) in [6, 6.07) is 9.41. The number of primary amides is 1. The Balaban J connectivity index is 2.81. The molecule has 3 N–H and O–H groups in total. The molecule has 1 amide bonds. The average Bonchev–Trinajstić information content (AvgIpc) is 2.46. The lowest BCUT2D eigenvalue weighted by molar-refractivity contribution is -0.128. The molecule has 1 aromatic rings. The van der Waals surface area contributed by atoms with Gasteiger partial charge in [0, 0.05) is 6.61 Å². The Labute approximate surface area is 120 Å². The molecular weight excluding hydrogens is 256 g/mol. The molecule has 0 saturated carbocycles. The van der Waals surface area contributed by atoms with Gasteiger partial charge >= 0.3 is 0 Å². The molecule has 0 radical (unpaired) electrons. The van der Waals surface area contributed by atoms with Crippen LogP contribution in [0.5, 0.6) is 0 Å². The molecule has 0 bridgehead atoms. The summed E-state index contributed by atoms with van der Waals surface area (Å²) in [4.78, 5) is 12.0. The second kappa shape index (κ2) is 8.68. The zero-order valence-electron chi connectivity index (χ0n) is 12.2. The number of amides is 1. The molecule has 0 fully saturated rings. The van der Waals surface area contributed by atoms with E-state index in [1.807, 2.05) is 44.2 Å². The van der Waals surface area contributed by atoms with E-state index in [0.717, 1.165) is 5.56 Å². The van der Waals surface area contributed by atoms with E-state index >= 15 is 0 Å². The van der Waals surface area contributed by atoms with E-state index in [9.17, 15) is 4.79 Å². The van der Waals surface area contributed by atoms with E-state index in [1.54, 1.807) is 0 Å². The standard InChI is InChI=1S/C15H24N2O3/c1-3-17-15(14(16)18,12-20-11-10-19-4-2)13-8-6-5-7-9-13/h5-9,17H,3-4,10-12H2,1-2H3,(H2,16,18). The van der Waals surface area contributed by atoms with Crippen LogP contribution in [0.2, 0.25) is 0 Å². The summed E-state index contributed by atoms with van der Waals surface area (Å²) in [5.41, 5.74) is 5.43. The maximum atomic E-state index is 12.0. The van der Waals surface area contributed by atoms with E-state index in [1.165, 1.54) is 0 Å². The van der Waals surface area contributed by atoms with Crippen molar-refractivity contribution in [3.63, 3.8) is 0 Å². The molecule has 0 aliphatic rings. The van der Waals surface area contributed by atoms with Gasteiger partial charge in [-0.1, -0.05) is 37.3 Å². The number of nitrogens with one attached hydrogen (secondary N) is 1. The van der Waals surface area contributed by atoms with Gasteiger partial charge in [0.05, 0.1) is 19.8 Å². The first kappa shape index (κ1) is 16.6. The summed E-state index contributed by atoms with van der Waals surface area (Å²) < 4.78 is 10.8. The van der Waals surface area contributed by atoms with Gasteiger partial charge < -0.3 is 15.2 Å². The molecular formula is C15H24N2O3. The number of rotatable bonds is 10. The fraction of sp³-hybridized carbons (Fsp3) is 0.533. The van der Waals surface area contributed by atoms with Crippen molar-refractivity contribution in [2.24, 2.45) is 5.73 Å². The molecule has 0 spiro atoms. The van der Waals surface area contributed by atoms with Crippen LogP contribution in [0, 0.1) is 0 Å². The largest absolute Gasteiger partial charge is 0.379 e. The minimum absolute atomic E-state index is 0.188. The fourth-order valence-electron chi connectivity index (χ4n) is 2.05. The van der Waals surface area contributed by atoms with Crippen LogP contribution >= 0.6 is 0 Å². The minimum atomic E-state index is -0.998. The SMILES string of the molecule is CCNC(COCCOCC)(C(N)=O)c1ccccc1. The van der Waals surface area contributed by atoms with Gasteiger partial charge in [-0.3, -0.25) is 10.1 Å². The number of benzene rings is 1. The molecule has 20 heavy (non-hydrogen) atoms. The molecule has 0 heterocycles. The Morgan fingerprint density at radius 1 is 1.20 bits per heavy atom. The first-order valence-corrected chi connectivity index (χ1v) is 6.93. The number of likely N-dealkylation sites (N-methyl/N-ethyl adjacent to an activating group) is 1. The number of carbonyl (C=O) groups excluding carboxylic acids is 1. The van der Waals surface area contributed by atoms with Crippen LogP contribution in [-0.2, 0) is 19.8 Å². The summed E-state index contributed by atoms with van der Waals surface area (Å²) in [7, 11) is 0. The average molecular weight is 280 g/mol. The maximum absolute atomic E-state index is 12.0. The summed E-state index contributed by atoms with van der Waals surface area (Å²) in [5.74, 6) is -0.443. The topological polar surface area (TPSA) is 73.6 Å². The second-order valence-electron chi connectivity index (χ2n) is 4.42. The maximum Gasteiger partial charge on any atom is 0.244 e. The van der Waals surface area contributed by atoms with Gasteiger partial charge in [0.1, 0.15) is 5.54 Å². The van der Waals surface area contributed by atoms with Crippen molar-refractivity contribution in [3.05, 3.63) is 35.9 Å². The van der Waals surface area contributed by atoms with Gasteiger partial charge in [0.2, 0.25) is 5.91 Å². The Morgan fingerprint density at radius 2 is 1.85 bits per heavy atom. The highest BCUT2D eigenvalue weighted by Gasteiger charge is 2.38. The van der Waals surface area contributed by atoms with Crippen LogP contribution in [0.15, 0.2) is 30.3 Å². The van der Waals surface area contributed by atoms with E-state index in [2.05, 4.69) is 5.32 Å². The number of ether oxygens (including phenoxy) is 2. The van der Waals surface area contributed by atoms with E-state index < -0.39 is 11.4 Å². The third-order valence-corrected chi connectivity index (χ3v) is 3.06. The number of carbonyl (C=O) groups is 1. The lowest BCUT2D eigenvalue weighted by Crippen LogP contribution is -2.56. The fourth-order valence-corrected chi connectivity index (χ4v) is 2.05. The third kappa shape index (κ3) is 4.30. The molecule has 1 unspecified atom stereocenters. The van der Waals surface area contributed by atoms with E-state index in [-0.39, 0.29) is 6.61 Å². The molecule has 5 heteroatoms. The molecule has 1 atom stereocenters.